The van der Waals surface area contributed by atoms with Crippen LogP contribution in [0.5, 0.6) is 0 Å². The normalized spacial score (nSPS) is 8.17. The van der Waals surface area contributed by atoms with Crippen LogP contribution in [-0.2, 0) is 4.79 Å². The highest BCUT2D eigenvalue weighted by Gasteiger charge is 1.88. The molecular formula is C7H10Cl4O. The van der Waals surface area contributed by atoms with E-state index in [2.05, 4.69) is 0 Å². The van der Waals surface area contributed by atoms with Gasteiger partial charge in [0.2, 0.25) is 0 Å². The summed E-state index contributed by atoms with van der Waals surface area (Å²) in [6.07, 6.45) is 1.72. The third kappa shape index (κ3) is 16.9. The average Bonchev–Trinajstić information content (AvgIpc) is 1.87. The zero-order valence-electron chi connectivity index (χ0n) is 6.83. The number of hydrogen-bond donors (Lipinski definition) is 0. The van der Waals surface area contributed by atoms with Gasteiger partial charge in [-0.05, 0) is 13.3 Å². The molecule has 0 atom stereocenters. The second-order valence-electron chi connectivity index (χ2n) is 1.97. The molecule has 0 aromatic heterocycles. The Kier molecular flexibility index (Phi) is 12.1. The van der Waals surface area contributed by atoms with Crippen LogP contribution < -0.4 is 0 Å². The second-order valence-corrected chi connectivity index (χ2v) is 3.87. The van der Waals surface area contributed by atoms with E-state index in [0.717, 1.165) is 12.8 Å². The van der Waals surface area contributed by atoms with Crippen molar-refractivity contribution in [1.82, 2.24) is 0 Å². The van der Waals surface area contributed by atoms with Crippen LogP contribution in [0.3, 0.4) is 0 Å². The van der Waals surface area contributed by atoms with E-state index >= 15 is 0 Å². The molecule has 72 valence electrons. The summed E-state index contributed by atoms with van der Waals surface area (Å²) in [4.78, 5) is 10.0. The first-order chi connectivity index (χ1) is 5.41. The number of carbonyl (C=O) groups is 1. The molecule has 0 heterocycles. The van der Waals surface area contributed by atoms with Gasteiger partial charge in [0.25, 0.3) is 0 Å². The van der Waals surface area contributed by atoms with Gasteiger partial charge >= 0.3 is 0 Å². The standard InChI is InChI=1S/C5H10O.C2Cl4/c1-3-4-5(2)6;3-1(4)2(5)6/h3-4H2,1-2H3;. The number of hydrogen-bond acceptors (Lipinski definition) is 1. The summed E-state index contributed by atoms with van der Waals surface area (Å²) >= 11 is 20.0. The van der Waals surface area contributed by atoms with Gasteiger partial charge in [-0.1, -0.05) is 53.3 Å². The summed E-state index contributed by atoms with van der Waals surface area (Å²) in [5.41, 5.74) is 0. The lowest BCUT2D eigenvalue weighted by atomic mass is 10.3. The number of ketones is 1. The van der Waals surface area contributed by atoms with Gasteiger partial charge in [-0.15, -0.1) is 0 Å². The van der Waals surface area contributed by atoms with Gasteiger partial charge in [-0.2, -0.15) is 0 Å². The van der Waals surface area contributed by atoms with Crippen molar-refractivity contribution in [2.75, 3.05) is 0 Å². The van der Waals surface area contributed by atoms with Crippen molar-refractivity contribution in [3.8, 4) is 0 Å². The highest BCUT2D eigenvalue weighted by Crippen LogP contribution is 2.20. The Hall–Kier alpha value is 0.570. The average molecular weight is 252 g/mol. The molecule has 5 heteroatoms. The molecule has 0 aliphatic rings. The summed E-state index contributed by atoms with van der Waals surface area (Å²) in [6, 6.07) is 0. The van der Waals surface area contributed by atoms with Crippen LogP contribution in [0.4, 0.5) is 0 Å². The van der Waals surface area contributed by atoms with Crippen molar-refractivity contribution in [3.63, 3.8) is 0 Å². The molecule has 1 nitrogen and oxygen atoms in total. The summed E-state index contributed by atoms with van der Waals surface area (Å²) < 4.78 is -0.198. The zero-order valence-corrected chi connectivity index (χ0v) is 9.86. The molecule has 0 aromatic rings. The van der Waals surface area contributed by atoms with Gasteiger partial charge in [-0.3, -0.25) is 0 Å². The fraction of sp³-hybridized carbons (Fsp3) is 0.571. The molecule has 0 spiro atoms. The monoisotopic (exact) mass is 250 g/mol. The third-order valence-corrected chi connectivity index (χ3v) is 1.89. The predicted octanol–water partition coefficient (Wildman–Crippen LogP) is 4.44. The van der Waals surface area contributed by atoms with Crippen LogP contribution >= 0.6 is 46.4 Å². The van der Waals surface area contributed by atoms with E-state index in [4.69, 9.17) is 46.4 Å². The molecule has 0 saturated heterocycles. The molecule has 0 N–H and O–H groups in total. The quantitative estimate of drug-likeness (QED) is 0.709. The topological polar surface area (TPSA) is 17.1 Å². The Labute approximate surface area is 92.6 Å². The van der Waals surface area contributed by atoms with Gasteiger partial charge in [0.05, 0.1) is 0 Å². The van der Waals surface area contributed by atoms with E-state index in [9.17, 15) is 4.79 Å². The number of carbonyl (C=O) groups excluding carboxylic acids is 1. The Balaban J connectivity index is 0. The van der Waals surface area contributed by atoms with Crippen molar-refractivity contribution >= 4 is 52.2 Å². The predicted molar refractivity (Wildman–Crippen MR) is 56.0 cm³/mol. The first kappa shape index (κ1) is 15.1. The SMILES string of the molecule is CCCC(C)=O.ClC(Cl)=C(Cl)Cl. The Morgan fingerprint density at radius 3 is 1.42 bits per heavy atom. The van der Waals surface area contributed by atoms with Crippen molar-refractivity contribution in [3.05, 3.63) is 8.98 Å². The Morgan fingerprint density at radius 2 is 1.42 bits per heavy atom. The number of halogens is 4. The maximum absolute atomic E-state index is 10.0. The van der Waals surface area contributed by atoms with Crippen LogP contribution in [0.25, 0.3) is 0 Å². The molecule has 0 bridgehead atoms. The molecule has 0 radical (unpaired) electrons. The summed E-state index contributed by atoms with van der Waals surface area (Å²) in [5, 5.41) is 0. The van der Waals surface area contributed by atoms with E-state index in [1.807, 2.05) is 6.92 Å². The third-order valence-electron chi connectivity index (χ3n) is 0.745. The summed E-state index contributed by atoms with van der Waals surface area (Å²) in [6.45, 7) is 3.62. The summed E-state index contributed by atoms with van der Waals surface area (Å²) in [5.74, 6) is 0.289. The van der Waals surface area contributed by atoms with E-state index in [-0.39, 0.29) is 14.8 Å². The lowest BCUT2D eigenvalue weighted by molar-refractivity contribution is -0.117. The van der Waals surface area contributed by atoms with Crippen LogP contribution in [0, 0.1) is 0 Å². The van der Waals surface area contributed by atoms with Crippen molar-refractivity contribution in [2.24, 2.45) is 0 Å². The molecule has 0 aromatic carbocycles. The Bertz CT molecular complexity index is 147. The minimum absolute atomic E-state index is 0.0988. The molecule has 0 saturated carbocycles. The first-order valence-corrected chi connectivity index (χ1v) is 4.78. The smallest absolute Gasteiger partial charge is 0.136 e. The van der Waals surface area contributed by atoms with Gasteiger partial charge < -0.3 is 4.79 Å². The molecule has 0 rings (SSSR count). The molecule has 0 aliphatic heterocycles. The van der Waals surface area contributed by atoms with E-state index < -0.39 is 0 Å². The summed E-state index contributed by atoms with van der Waals surface area (Å²) in [7, 11) is 0. The highest BCUT2D eigenvalue weighted by atomic mass is 35.5. The fourth-order valence-corrected chi connectivity index (χ4v) is 0.352. The molecule has 12 heavy (non-hydrogen) atoms. The number of rotatable bonds is 2. The molecule has 0 unspecified atom stereocenters. The minimum atomic E-state index is -0.0988. The van der Waals surface area contributed by atoms with Crippen LogP contribution in [0.1, 0.15) is 26.7 Å². The highest BCUT2D eigenvalue weighted by molar-refractivity contribution is 6.67. The van der Waals surface area contributed by atoms with E-state index in [1.165, 1.54) is 0 Å². The second kappa shape index (κ2) is 9.66. The lowest BCUT2D eigenvalue weighted by Crippen LogP contribution is -1.84. The van der Waals surface area contributed by atoms with Crippen molar-refractivity contribution in [1.29, 1.82) is 0 Å². The molecule has 0 amide bonds. The molecule has 0 aliphatic carbocycles. The zero-order chi connectivity index (χ0) is 10.1. The van der Waals surface area contributed by atoms with Gasteiger partial charge in [0.1, 0.15) is 14.8 Å². The van der Waals surface area contributed by atoms with Crippen molar-refractivity contribution in [2.45, 2.75) is 26.7 Å². The molecular weight excluding hydrogens is 242 g/mol. The number of Topliss-reactive ketones (excluding diaryl/α,β-unsaturated/α-hetero) is 1. The van der Waals surface area contributed by atoms with E-state index in [1.54, 1.807) is 6.92 Å². The van der Waals surface area contributed by atoms with Crippen LogP contribution in [0.15, 0.2) is 8.98 Å². The van der Waals surface area contributed by atoms with Gasteiger partial charge in [0, 0.05) is 6.42 Å². The van der Waals surface area contributed by atoms with E-state index in [0.29, 0.717) is 0 Å². The maximum atomic E-state index is 10.0. The van der Waals surface area contributed by atoms with Crippen molar-refractivity contribution < 1.29 is 4.79 Å². The maximum Gasteiger partial charge on any atom is 0.136 e. The Morgan fingerprint density at radius 1 is 1.08 bits per heavy atom. The first-order valence-electron chi connectivity index (χ1n) is 3.27. The van der Waals surface area contributed by atoms with Crippen LogP contribution in [-0.4, -0.2) is 5.78 Å². The largest absolute Gasteiger partial charge is 0.300 e. The van der Waals surface area contributed by atoms with Gasteiger partial charge in [0.15, 0.2) is 0 Å². The molecule has 0 fully saturated rings. The minimum Gasteiger partial charge on any atom is -0.300 e. The fourth-order valence-electron chi connectivity index (χ4n) is 0.352. The lowest BCUT2D eigenvalue weighted by Gasteiger charge is -1.80. The van der Waals surface area contributed by atoms with Gasteiger partial charge in [-0.25, -0.2) is 0 Å². The van der Waals surface area contributed by atoms with Crippen LogP contribution in [0.2, 0.25) is 0 Å².